The molecule has 0 aliphatic carbocycles. The number of aromatic nitrogens is 4. The van der Waals surface area contributed by atoms with Crippen molar-refractivity contribution in [2.24, 2.45) is 0 Å². The molecule has 0 unspecified atom stereocenters. The first-order valence-electron chi connectivity index (χ1n) is 8.87. The summed E-state index contributed by atoms with van der Waals surface area (Å²) >= 11 is 0. The van der Waals surface area contributed by atoms with E-state index in [-0.39, 0.29) is 5.95 Å². The highest BCUT2D eigenvalue weighted by molar-refractivity contribution is 5.87. The Kier molecular flexibility index (Phi) is 3.59. The van der Waals surface area contributed by atoms with Crippen LogP contribution in [0.15, 0.2) is 18.5 Å². The molecule has 1 fully saturated rings. The normalized spacial score (nSPS) is 18.8. The van der Waals surface area contributed by atoms with Crippen molar-refractivity contribution in [1.29, 1.82) is 0 Å². The van der Waals surface area contributed by atoms with Crippen LogP contribution in [0, 0.1) is 0 Å². The van der Waals surface area contributed by atoms with Gasteiger partial charge in [0.2, 0.25) is 5.95 Å². The van der Waals surface area contributed by atoms with Crippen LogP contribution in [0.1, 0.15) is 18.5 Å². The van der Waals surface area contributed by atoms with E-state index in [4.69, 9.17) is 20.4 Å². The van der Waals surface area contributed by atoms with Crippen molar-refractivity contribution in [3.8, 4) is 11.4 Å². The van der Waals surface area contributed by atoms with Crippen LogP contribution in [-0.4, -0.2) is 57.8 Å². The third-order valence-corrected chi connectivity index (χ3v) is 4.83. The molecule has 2 aromatic rings. The number of anilines is 3. The van der Waals surface area contributed by atoms with Gasteiger partial charge in [0.25, 0.3) is 0 Å². The minimum Gasteiger partial charge on any atom is -0.378 e. The fraction of sp³-hybridized carbons (Fsp3) is 0.412. The molecule has 5 heterocycles. The highest BCUT2D eigenvalue weighted by atomic mass is 16.5. The summed E-state index contributed by atoms with van der Waals surface area (Å²) in [6, 6.07) is 0. The lowest BCUT2D eigenvalue weighted by atomic mass is 10.1. The largest absolute Gasteiger partial charge is 0.378 e. The molecule has 0 atom stereocenters. The maximum atomic E-state index is 5.62. The third-order valence-electron chi connectivity index (χ3n) is 4.83. The summed E-state index contributed by atoms with van der Waals surface area (Å²) in [5.74, 6) is 1.76. The molecule has 0 amide bonds. The summed E-state index contributed by atoms with van der Waals surface area (Å²) in [6.07, 6.45) is 7.76. The SMILES string of the molecule is Nc1ncc(-c2nc3c(c(N4CCOCC4)n2)NN2CCCC=C32)cn1. The van der Waals surface area contributed by atoms with E-state index in [0.717, 1.165) is 60.9 Å². The fourth-order valence-electron chi connectivity index (χ4n) is 3.52. The van der Waals surface area contributed by atoms with Crippen molar-refractivity contribution in [2.75, 3.05) is 48.9 Å². The molecule has 3 aliphatic heterocycles. The van der Waals surface area contributed by atoms with Gasteiger partial charge in [0.05, 0.1) is 24.5 Å². The number of allylic oxidation sites excluding steroid dienone is 1. The molecule has 134 valence electrons. The van der Waals surface area contributed by atoms with E-state index in [1.165, 1.54) is 0 Å². The molecule has 0 spiro atoms. The van der Waals surface area contributed by atoms with Gasteiger partial charge in [-0.15, -0.1) is 0 Å². The Balaban J connectivity index is 1.65. The van der Waals surface area contributed by atoms with Crippen LogP contribution in [-0.2, 0) is 4.74 Å². The monoisotopic (exact) mass is 352 g/mol. The Hall–Kier alpha value is -2.94. The molecule has 0 aromatic carbocycles. The van der Waals surface area contributed by atoms with Gasteiger partial charge in [-0.2, -0.15) is 0 Å². The van der Waals surface area contributed by atoms with Gasteiger partial charge in [-0.05, 0) is 12.8 Å². The van der Waals surface area contributed by atoms with E-state index < -0.39 is 0 Å². The number of hydrogen-bond acceptors (Lipinski definition) is 9. The van der Waals surface area contributed by atoms with Gasteiger partial charge in [-0.25, -0.2) is 19.9 Å². The fourth-order valence-corrected chi connectivity index (χ4v) is 3.52. The molecular weight excluding hydrogens is 332 g/mol. The van der Waals surface area contributed by atoms with Gasteiger partial charge in [0, 0.05) is 32.0 Å². The number of rotatable bonds is 2. The molecule has 1 saturated heterocycles. The highest BCUT2D eigenvalue weighted by Gasteiger charge is 2.32. The molecular formula is C17H20N8O. The number of fused-ring (bicyclic) bond motifs is 3. The molecule has 5 rings (SSSR count). The second-order valence-electron chi connectivity index (χ2n) is 6.52. The van der Waals surface area contributed by atoms with Crippen LogP contribution in [0.4, 0.5) is 17.5 Å². The van der Waals surface area contributed by atoms with E-state index in [1.807, 2.05) is 0 Å². The van der Waals surface area contributed by atoms with E-state index in [1.54, 1.807) is 12.4 Å². The molecule has 26 heavy (non-hydrogen) atoms. The Bertz CT molecular complexity index is 860. The summed E-state index contributed by atoms with van der Waals surface area (Å²) in [7, 11) is 0. The van der Waals surface area contributed by atoms with Gasteiger partial charge in [-0.3, -0.25) is 10.4 Å². The third kappa shape index (κ3) is 2.51. The number of nitrogen functional groups attached to an aromatic ring is 1. The Labute approximate surface area is 150 Å². The quantitative estimate of drug-likeness (QED) is 0.822. The average Bonchev–Trinajstić information content (AvgIpc) is 3.07. The molecule has 3 N–H and O–H groups in total. The predicted molar refractivity (Wildman–Crippen MR) is 98.0 cm³/mol. The number of nitrogens with one attached hydrogen (secondary N) is 1. The second-order valence-corrected chi connectivity index (χ2v) is 6.52. The number of nitrogens with two attached hydrogens (primary N) is 1. The van der Waals surface area contributed by atoms with Gasteiger partial charge in [0.1, 0.15) is 11.4 Å². The van der Waals surface area contributed by atoms with Crippen LogP contribution in [0.5, 0.6) is 0 Å². The van der Waals surface area contributed by atoms with Crippen molar-refractivity contribution in [2.45, 2.75) is 12.8 Å². The highest BCUT2D eigenvalue weighted by Crippen LogP contribution is 2.41. The number of nitrogens with zero attached hydrogens (tertiary/aromatic N) is 6. The van der Waals surface area contributed by atoms with E-state index in [9.17, 15) is 0 Å². The molecule has 0 bridgehead atoms. The smallest absolute Gasteiger partial charge is 0.219 e. The maximum absolute atomic E-state index is 5.62. The second kappa shape index (κ2) is 6.10. The predicted octanol–water partition coefficient (Wildman–Crippen LogP) is 1.13. The van der Waals surface area contributed by atoms with Gasteiger partial charge in [-0.1, -0.05) is 6.08 Å². The first-order valence-corrected chi connectivity index (χ1v) is 8.87. The van der Waals surface area contributed by atoms with Crippen molar-refractivity contribution < 1.29 is 4.74 Å². The maximum Gasteiger partial charge on any atom is 0.219 e. The standard InChI is InChI=1S/C17H20N8O/c18-17-19-9-11(10-20-17)15-21-13-12-3-1-2-4-25(12)23-14(13)16(22-15)24-5-7-26-8-6-24/h3,9-10,23H,1-2,4-8H2,(H2,18,19,20). The van der Waals surface area contributed by atoms with Crippen molar-refractivity contribution in [3.63, 3.8) is 0 Å². The average molecular weight is 352 g/mol. The summed E-state index contributed by atoms with van der Waals surface area (Å²) in [4.78, 5) is 20.1. The van der Waals surface area contributed by atoms with Crippen LogP contribution >= 0.6 is 0 Å². The number of hydrogen-bond donors (Lipinski definition) is 2. The van der Waals surface area contributed by atoms with Gasteiger partial charge in [0.15, 0.2) is 11.6 Å². The Morgan fingerprint density at radius 3 is 2.69 bits per heavy atom. The summed E-state index contributed by atoms with van der Waals surface area (Å²) < 4.78 is 5.50. The van der Waals surface area contributed by atoms with E-state index in [0.29, 0.717) is 19.0 Å². The lowest BCUT2D eigenvalue weighted by Gasteiger charge is -2.29. The van der Waals surface area contributed by atoms with Gasteiger partial charge >= 0.3 is 0 Å². The summed E-state index contributed by atoms with van der Waals surface area (Å²) in [6.45, 7) is 3.98. The zero-order valence-electron chi connectivity index (χ0n) is 14.4. The number of morpholine rings is 1. The number of ether oxygens (including phenoxy) is 1. The Morgan fingerprint density at radius 2 is 1.88 bits per heavy atom. The first kappa shape index (κ1) is 15.3. The minimum absolute atomic E-state index is 0.242. The molecule has 2 aromatic heterocycles. The lowest BCUT2D eigenvalue weighted by Crippen LogP contribution is -2.37. The Morgan fingerprint density at radius 1 is 1.08 bits per heavy atom. The van der Waals surface area contributed by atoms with Crippen LogP contribution in [0.3, 0.4) is 0 Å². The minimum atomic E-state index is 0.242. The van der Waals surface area contributed by atoms with E-state index >= 15 is 0 Å². The molecule has 0 radical (unpaired) electrons. The van der Waals surface area contributed by atoms with Crippen molar-refractivity contribution >= 4 is 23.2 Å². The molecule has 9 nitrogen and oxygen atoms in total. The zero-order chi connectivity index (χ0) is 17.5. The van der Waals surface area contributed by atoms with Crippen molar-refractivity contribution in [1.82, 2.24) is 24.9 Å². The van der Waals surface area contributed by atoms with Crippen molar-refractivity contribution in [3.05, 3.63) is 24.2 Å². The zero-order valence-corrected chi connectivity index (χ0v) is 14.4. The summed E-state index contributed by atoms with van der Waals surface area (Å²) in [5, 5.41) is 2.16. The van der Waals surface area contributed by atoms with Gasteiger partial charge < -0.3 is 15.4 Å². The molecule has 9 heteroatoms. The van der Waals surface area contributed by atoms with Crippen LogP contribution in [0.2, 0.25) is 0 Å². The number of hydrazine groups is 1. The van der Waals surface area contributed by atoms with E-state index in [2.05, 4.69) is 31.4 Å². The van der Waals surface area contributed by atoms with Crippen LogP contribution in [0.25, 0.3) is 17.1 Å². The molecule has 0 saturated carbocycles. The summed E-state index contributed by atoms with van der Waals surface area (Å²) in [5.41, 5.74) is 12.9. The lowest BCUT2D eigenvalue weighted by molar-refractivity contribution is 0.122. The van der Waals surface area contributed by atoms with Crippen LogP contribution < -0.4 is 16.1 Å². The molecule has 3 aliphatic rings. The first-order chi connectivity index (χ1) is 12.8. The topological polar surface area (TPSA) is 105 Å².